The van der Waals surface area contributed by atoms with Gasteiger partial charge in [0.2, 0.25) is 10.0 Å². The number of sulfonamides is 1. The van der Waals surface area contributed by atoms with E-state index in [-0.39, 0.29) is 5.75 Å². The van der Waals surface area contributed by atoms with Crippen LogP contribution in [0.2, 0.25) is 0 Å². The molecule has 2 N–H and O–H groups in total. The lowest BCUT2D eigenvalue weighted by Crippen LogP contribution is -2.28. The van der Waals surface area contributed by atoms with Crippen LogP contribution in [0, 0.1) is 0 Å². The number of rotatable bonds is 10. The van der Waals surface area contributed by atoms with Crippen molar-refractivity contribution in [1.82, 2.24) is 10.0 Å². The predicted octanol–water partition coefficient (Wildman–Crippen LogP) is 1.25. The van der Waals surface area contributed by atoms with Gasteiger partial charge >= 0.3 is 0 Å². The average molecular weight is 300 g/mol. The van der Waals surface area contributed by atoms with Crippen molar-refractivity contribution in [3.8, 4) is 0 Å². The van der Waals surface area contributed by atoms with Crippen LogP contribution in [-0.4, -0.2) is 35.2 Å². The molecule has 0 unspecified atom stereocenters. The zero-order valence-corrected chi connectivity index (χ0v) is 13.0. The Morgan fingerprint density at radius 3 is 2.65 bits per heavy atom. The molecule has 0 aromatic heterocycles. The minimum Gasteiger partial charge on any atom is -0.383 e. The minimum absolute atomic E-state index is 0.00165. The Kier molecular flexibility index (Phi) is 7.76. The van der Waals surface area contributed by atoms with Gasteiger partial charge < -0.3 is 10.1 Å². The first-order chi connectivity index (χ1) is 9.57. The van der Waals surface area contributed by atoms with E-state index in [4.69, 9.17) is 4.74 Å². The highest BCUT2D eigenvalue weighted by Gasteiger charge is 2.10. The summed E-state index contributed by atoms with van der Waals surface area (Å²) in [5.74, 6) is -0.00165. The van der Waals surface area contributed by atoms with E-state index in [2.05, 4.69) is 17.0 Å². The van der Waals surface area contributed by atoms with Crippen molar-refractivity contribution in [3.05, 3.63) is 35.4 Å². The number of hydrogen-bond donors (Lipinski definition) is 2. The summed E-state index contributed by atoms with van der Waals surface area (Å²) in [5, 5.41) is 3.30. The maximum absolute atomic E-state index is 11.9. The van der Waals surface area contributed by atoms with Crippen LogP contribution in [0.5, 0.6) is 0 Å². The van der Waals surface area contributed by atoms with Gasteiger partial charge in [0.05, 0.1) is 12.4 Å². The molecule has 0 radical (unpaired) electrons. The van der Waals surface area contributed by atoms with Crippen molar-refractivity contribution in [2.24, 2.45) is 0 Å². The van der Waals surface area contributed by atoms with Gasteiger partial charge in [0, 0.05) is 20.2 Å². The summed E-state index contributed by atoms with van der Waals surface area (Å²) in [5.41, 5.74) is 1.90. The van der Waals surface area contributed by atoms with Crippen LogP contribution in [0.15, 0.2) is 24.3 Å². The molecule has 0 fully saturated rings. The van der Waals surface area contributed by atoms with E-state index < -0.39 is 10.0 Å². The van der Waals surface area contributed by atoms with Crippen LogP contribution in [0.3, 0.4) is 0 Å². The molecule has 1 aromatic carbocycles. The number of ether oxygens (including phenoxy) is 1. The molecule has 0 bridgehead atoms. The molecule has 0 saturated carbocycles. The van der Waals surface area contributed by atoms with Crippen molar-refractivity contribution in [1.29, 1.82) is 0 Å². The van der Waals surface area contributed by atoms with Gasteiger partial charge in [0.15, 0.2) is 0 Å². The molecule has 0 amide bonds. The topological polar surface area (TPSA) is 67.4 Å². The van der Waals surface area contributed by atoms with Crippen molar-refractivity contribution in [3.63, 3.8) is 0 Å². The van der Waals surface area contributed by atoms with Crippen LogP contribution < -0.4 is 10.0 Å². The fourth-order valence-corrected chi connectivity index (χ4v) is 2.92. The highest BCUT2D eigenvalue weighted by Crippen LogP contribution is 2.08. The second-order valence-electron chi connectivity index (χ2n) is 4.64. The lowest BCUT2D eigenvalue weighted by molar-refractivity contribution is 0.204. The largest absolute Gasteiger partial charge is 0.383 e. The van der Waals surface area contributed by atoms with E-state index in [9.17, 15) is 8.42 Å². The summed E-state index contributed by atoms with van der Waals surface area (Å²) in [6.07, 6.45) is 1.08. The number of benzene rings is 1. The first-order valence-electron chi connectivity index (χ1n) is 6.82. The molecule has 114 valence electrons. The Hall–Kier alpha value is -0.950. The van der Waals surface area contributed by atoms with Gasteiger partial charge in [-0.3, -0.25) is 0 Å². The Labute approximate surface area is 121 Å². The van der Waals surface area contributed by atoms with E-state index in [1.54, 1.807) is 7.11 Å². The second-order valence-corrected chi connectivity index (χ2v) is 6.45. The van der Waals surface area contributed by atoms with Gasteiger partial charge in [0.1, 0.15) is 0 Å². The third-order valence-corrected chi connectivity index (χ3v) is 4.09. The Morgan fingerprint density at radius 2 is 1.95 bits per heavy atom. The van der Waals surface area contributed by atoms with E-state index >= 15 is 0 Å². The normalized spacial score (nSPS) is 11.7. The summed E-state index contributed by atoms with van der Waals surface area (Å²) >= 11 is 0. The van der Waals surface area contributed by atoms with Gasteiger partial charge in [-0.25, -0.2) is 13.1 Å². The van der Waals surface area contributed by atoms with Gasteiger partial charge in [-0.15, -0.1) is 0 Å². The van der Waals surface area contributed by atoms with Crippen LogP contribution >= 0.6 is 0 Å². The number of hydrogen-bond acceptors (Lipinski definition) is 4. The SMILES string of the molecule is CCCNCc1cccc(CS(=O)(=O)NCCOC)c1. The van der Waals surface area contributed by atoms with Crippen LogP contribution in [0.25, 0.3) is 0 Å². The van der Waals surface area contributed by atoms with E-state index in [0.717, 1.165) is 30.6 Å². The maximum atomic E-state index is 11.9. The van der Waals surface area contributed by atoms with Crippen molar-refractivity contribution < 1.29 is 13.2 Å². The van der Waals surface area contributed by atoms with Gasteiger partial charge in [-0.1, -0.05) is 31.2 Å². The quantitative estimate of drug-likeness (QED) is 0.638. The standard InChI is InChI=1S/C14H24N2O3S/c1-3-7-15-11-13-5-4-6-14(10-13)12-20(17,18)16-8-9-19-2/h4-6,10,15-16H,3,7-9,11-12H2,1-2H3. The summed E-state index contributed by atoms with van der Waals surface area (Å²) in [7, 11) is -1.76. The van der Waals surface area contributed by atoms with Gasteiger partial charge in [-0.2, -0.15) is 0 Å². The highest BCUT2D eigenvalue weighted by atomic mass is 32.2. The third-order valence-electron chi connectivity index (χ3n) is 2.73. The monoisotopic (exact) mass is 300 g/mol. The van der Waals surface area contributed by atoms with Crippen LogP contribution in [0.4, 0.5) is 0 Å². The molecule has 0 atom stereocenters. The van der Waals surface area contributed by atoms with Gasteiger partial charge in [-0.05, 0) is 24.1 Å². The number of nitrogens with one attached hydrogen (secondary N) is 2. The predicted molar refractivity (Wildman–Crippen MR) is 80.9 cm³/mol. The summed E-state index contributed by atoms with van der Waals surface area (Å²) in [6.45, 7) is 4.51. The molecule has 0 aliphatic rings. The van der Waals surface area contributed by atoms with Crippen molar-refractivity contribution >= 4 is 10.0 Å². The smallest absolute Gasteiger partial charge is 0.215 e. The summed E-state index contributed by atoms with van der Waals surface area (Å²) in [6, 6.07) is 7.65. The molecule has 0 aliphatic heterocycles. The second kappa shape index (κ2) is 9.07. The fourth-order valence-electron chi connectivity index (χ4n) is 1.81. The lowest BCUT2D eigenvalue weighted by atomic mass is 10.1. The van der Waals surface area contributed by atoms with E-state index in [0.29, 0.717) is 13.2 Å². The lowest BCUT2D eigenvalue weighted by Gasteiger charge is -2.08. The van der Waals surface area contributed by atoms with Crippen molar-refractivity contribution in [2.45, 2.75) is 25.6 Å². The molecule has 0 spiro atoms. The first kappa shape index (κ1) is 17.1. The third kappa shape index (κ3) is 7.00. The molecular weight excluding hydrogens is 276 g/mol. The molecule has 0 heterocycles. The fraction of sp³-hybridized carbons (Fsp3) is 0.571. The van der Waals surface area contributed by atoms with E-state index in [1.807, 2.05) is 24.3 Å². The zero-order chi connectivity index (χ0) is 14.8. The minimum atomic E-state index is -3.30. The molecule has 6 heteroatoms. The zero-order valence-electron chi connectivity index (χ0n) is 12.2. The van der Waals surface area contributed by atoms with E-state index in [1.165, 1.54) is 0 Å². The van der Waals surface area contributed by atoms with Crippen LogP contribution in [0.1, 0.15) is 24.5 Å². The highest BCUT2D eigenvalue weighted by molar-refractivity contribution is 7.88. The molecule has 0 saturated heterocycles. The van der Waals surface area contributed by atoms with Crippen molar-refractivity contribution in [2.75, 3.05) is 26.8 Å². The molecule has 0 aliphatic carbocycles. The average Bonchev–Trinajstić information content (AvgIpc) is 2.39. The van der Waals surface area contributed by atoms with Gasteiger partial charge in [0.25, 0.3) is 0 Å². The molecule has 5 nitrogen and oxygen atoms in total. The summed E-state index contributed by atoms with van der Waals surface area (Å²) < 4.78 is 31.1. The summed E-state index contributed by atoms with van der Waals surface area (Å²) in [4.78, 5) is 0. The Balaban J connectivity index is 2.56. The molecule has 1 aromatic rings. The molecule has 20 heavy (non-hydrogen) atoms. The first-order valence-corrected chi connectivity index (χ1v) is 8.47. The Morgan fingerprint density at radius 1 is 1.20 bits per heavy atom. The number of methoxy groups -OCH3 is 1. The molecule has 1 rings (SSSR count). The maximum Gasteiger partial charge on any atom is 0.215 e. The van der Waals surface area contributed by atoms with Crippen LogP contribution in [-0.2, 0) is 27.1 Å². The Bertz CT molecular complexity index is 489. The molecular formula is C14H24N2O3S.